The lowest BCUT2D eigenvalue weighted by Gasteiger charge is -2.30. The molecule has 0 unspecified atom stereocenters. The van der Waals surface area contributed by atoms with Crippen LogP contribution in [0.3, 0.4) is 0 Å². The van der Waals surface area contributed by atoms with Gasteiger partial charge >= 0.3 is 0 Å². The Morgan fingerprint density at radius 1 is 1.03 bits per heavy atom. The van der Waals surface area contributed by atoms with E-state index in [0.717, 1.165) is 11.3 Å². The lowest BCUT2D eigenvalue weighted by Crippen LogP contribution is -2.46. The number of hydrogen-bond acceptors (Lipinski definition) is 5. The fourth-order valence-corrected chi connectivity index (χ4v) is 3.85. The van der Waals surface area contributed by atoms with Gasteiger partial charge in [0, 0.05) is 29.8 Å². The average molecular weight is 406 g/mol. The normalized spacial score (nSPS) is 14.8. The number of carbonyl (C=O) groups excluding carboxylic acids is 4. The summed E-state index contributed by atoms with van der Waals surface area (Å²) in [5.41, 5.74) is 3.25. The van der Waals surface area contributed by atoms with Crippen LogP contribution in [0, 0.1) is 0 Å². The Morgan fingerprint density at radius 2 is 1.80 bits per heavy atom. The summed E-state index contributed by atoms with van der Waals surface area (Å²) < 4.78 is 5.47. The fourth-order valence-electron chi connectivity index (χ4n) is 3.85. The summed E-state index contributed by atoms with van der Waals surface area (Å²) in [6.07, 6.45) is 1.00. The lowest BCUT2D eigenvalue weighted by atomic mass is 10.1. The van der Waals surface area contributed by atoms with Crippen LogP contribution in [-0.4, -0.2) is 43.1 Å². The Morgan fingerprint density at radius 3 is 2.53 bits per heavy atom. The molecule has 0 radical (unpaired) electrons. The monoisotopic (exact) mass is 406 g/mol. The first-order valence-corrected chi connectivity index (χ1v) is 9.93. The molecule has 4 rings (SSSR count). The summed E-state index contributed by atoms with van der Waals surface area (Å²) >= 11 is 0. The van der Waals surface area contributed by atoms with E-state index in [-0.39, 0.29) is 36.5 Å². The van der Waals surface area contributed by atoms with Gasteiger partial charge in [-0.25, -0.2) is 0 Å². The van der Waals surface area contributed by atoms with Gasteiger partial charge in [0.15, 0.2) is 18.2 Å². The molecule has 2 heterocycles. The smallest absolute Gasteiger partial charge is 0.265 e. The molecular weight excluding hydrogens is 384 g/mol. The molecule has 0 atom stereocenters. The topological polar surface area (TPSA) is 84.0 Å². The zero-order chi connectivity index (χ0) is 21.4. The molecule has 7 nitrogen and oxygen atoms in total. The SMILES string of the molecule is CCC(=O)c1ccc2c(c1)N(CC(=O)N1CCc3cc(C(C)=O)ccc31)C(=O)CO2. The number of amides is 2. The minimum absolute atomic E-state index is 0.0180. The number of Topliss-reactive ketones (excluding diaryl/α,β-unsaturated/α-hetero) is 2. The Labute approximate surface area is 174 Å². The predicted octanol–water partition coefficient (Wildman–Crippen LogP) is 2.80. The van der Waals surface area contributed by atoms with Gasteiger partial charge in [-0.15, -0.1) is 0 Å². The first-order valence-electron chi connectivity index (χ1n) is 9.93. The molecule has 7 heteroatoms. The van der Waals surface area contributed by atoms with E-state index in [4.69, 9.17) is 4.74 Å². The maximum Gasteiger partial charge on any atom is 0.265 e. The standard InChI is InChI=1S/C23H22N2O5/c1-3-20(27)17-5-7-21-19(11-17)25(23(29)13-30-21)12-22(28)24-9-8-16-10-15(14(2)26)4-6-18(16)24/h4-7,10-11H,3,8-9,12-13H2,1-2H3. The number of ketones is 2. The van der Waals surface area contributed by atoms with E-state index in [9.17, 15) is 19.2 Å². The summed E-state index contributed by atoms with van der Waals surface area (Å²) in [5, 5.41) is 0. The van der Waals surface area contributed by atoms with Crippen molar-refractivity contribution in [2.45, 2.75) is 26.7 Å². The van der Waals surface area contributed by atoms with Gasteiger partial charge in [0.2, 0.25) is 5.91 Å². The van der Waals surface area contributed by atoms with Gasteiger partial charge in [-0.05, 0) is 55.3 Å². The molecule has 2 aromatic carbocycles. The van der Waals surface area contributed by atoms with Gasteiger partial charge < -0.3 is 9.64 Å². The van der Waals surface area contributed by atoms with Crippen LogP contribution in [-0.2, 0) is 16.0 Å². The Balaban J connectivity index is 1.60. The second-order valence-electron chi connectivity index (χ2n) is 7.42. The van der Waals surface area contributed by atoms with Crippen molar-refractivity contribution in [3.05, 3.63) is 53.1 Å². The van der Waals surface area contributed by atoms with Gasteiger partial charge in [0.1, 0.15) is 12.3 Å². The maximum absolute atomic E-state index is 13.1. The third-order valence-corrected chi connectivity index (χ3v) is 5.52. The summed E-state index contributed by atoms with van der Waals surface area (Å²) in [7, 11) is 0. The second kappa shape index (κ2) is 7.74. The maximum atomic E-state index is 13.1. The van der Waals surface area contributed by atoms with Crippen LogP contribution in [0.1, 0.15) is 46.5 Å². The molecule has 154 valence electrons. The third kappa shape index (κ3) is 3.47. The first-order chi connectivity index (χ1) is 14.4. The number of rotatable bonds is 5. The number of fused-ring (bicyclic) bond motifs is 2. The van der Waals surface area contributed by atoms with E-state index < -0.39 is 0 Å². The van der Waals surface area contributed by atoms with Crippen LogP contribution in [0.4, 0.5) is 11.4 Å². The van der Waals surface area contributed by atoms with Crippen LogP contribution in [0.25, 0.3) is 0 Å². The molecule has 2 aliphatic heterocycles. The summed E-state index contributed by atoms with van der Waals surface area (Å²) in [5.74, 6) is -0.142. The van der Waals surface area contributed by atoms with Crippen molar-refractivity contribution in [3.8, 4) is 5.75 Å². The van der Waals surface area contributed by atoms with E-state index in [0.29, 0.717) is 42.0 Å². The van der Waals surface area contributed by atoms with Gasteiger partial charge in [-0.1, -0.05) is 6.92 Å². The first kappa shape index (κ1) is 19.8. The number of nitrogens with zero attached hydrogens (tertiary/aromatic N) is 2. The van der Waals surface area contributed by atoms with Crippen LogP contribution in [0.15, 0.2) is 36.4 Å². The molecule has 0 bridgehead atoms. The van der Waals surface area contributed by atoms with E-state index in [1.165, 1.54) is 11.8 Å². The van der Waals surface area contributed by atoms with E-state index in [1.807, 2.05) is 6.07 Å². The van der Waals surface area contributed by atoms with Crippen LogP contribution in [0.2, 0.25) is 0 Å². The molecule has 2 amide bonds. The van der Waals surface area contributed by atoms with Gasteiger partial charge in [0.05, 0.1) is 5.69 Å². The van der Waals surface area contributed by atoms with Crippen molar-refractivity contribution in [1.82, 2.24) is 0 Å². The molecule has 0 saturated carbocycles. The van der Waals surface area contributed by atoms with Crippen molar-refractivity contribution in [2.75, 3.05) is 29.5 Å². The van der Waals surface area contributed by atoms with Gasteiger partial charge in [-0.3, -0.25) is 24.1 Å². The summed E-state index contributed by atoms with van der Waals surface area (Å²) in [6.45, 7) is 3.48. The van der Waals surface area contributed by atoms with Crippen molar-refractivity contribution in [2.24, 2.45) is 0 Å². The van der Waals surface area contributed by atoms with Crippen LogP contribution < -0.4 is 14.5 Å². The van der Waals surface area contributed by atoms with E-state index in [1.54, 1.807) is 42.2 Å². The molecule has 30 heavy (non-hydrogen) atoms. The molecule has 2 aromatic rings. The van der Waals surface area contributed by atoms with E-state index >= 15 is 0 Å². The van der Waals surface area contributed by atoms with E-state index in [2.05, 4.69) is 0 Å². The Bertz CT molecular complexity index is 1080. The van der Waals surface area contributed by atoms with Crippen LogP contribution in [0.5, 0.6) is 5.75 Å². The zero-order valence-electron chi connectivity index (χ0n) is 16.9. The summed E-state index contributed by atoms with van der Waals surface area (Å²) in [6, 6.07) is 10.3. The Kier molecular flexibility index (Phi) is 5.11. The molecule has 0 spiro atoms. The van der Waals surface area contributed by atoms with Crippen molar-refractivity contribution in [1.29, 1.82) is 0 Å². The molecule has 0 aromatic heterocycles. The minimum atomic E-state index is -0.330. The second-order valence-corrected chi connectivity index (χ2v) is 7.42. The average Bonchev–Trinajstić information content (AvgIpc) is 3.18. The third-order valence-electron chi connectivity index (χ3n) is 5.52. The largest absolute Gasteiger partial charge is 0.482 e. The quantitative estimate of drug-likeness (QED) is 0.713. The number of ether oxygens (including phenoxy) is 1. The van der Waals surface area contributed by atoms with Crippen LogP contribution >= 0.6 is 0 Å². The van der Waals surface area contributed by atoms with Gasteiger partial charge in [0.25, 0.3) is 5.91 Å². The predicted molar refractivity (Wildman–Crippen MR) is 111 cm³/mol. The lowest BCUT2D eigenvalue weighted by molar-refractivity contribution is -0.124. The van der Waals surface area contributed by atoms with Crippen molar-refractivity contribution < 1.29 is 23.9 Å². The number of benzene rings is 2. The molecule has 0 aliphatic carbocycles. The number of hydrogen-bond donors (Lipinski definition) is 0. The molecular formula is C23H22N2O5. The molecule has 0 N–H and O–H groups in total. The fraction of sp³-hybridized carbons (Fsp3) is 0.304. The molecule has 0 fully saturated rings. The highest BCUT2D eigenvalue weighted by Crippen LogP contribution is 2.34. The van der Waals surface area contributed by atoms with Gasteiger partial charge in [-0.2, -0.15) is 0 Å². The highest BCUT2D eigenvalue weighted by molar-refractivity contribution is 6.08. The zero-order valence-corrected chi connectivity index (χ0v) is 16.9. The number of carbonyl (C=O) groups is 4. The minimum Gasteiger partial charge on any atom is -0.482 e. The molecule has 2 aliphatic rings. The highest BCUT2D eigenvalue weighted by atomic mass is 16.5. The summed E-state index contributed by atoms with van der Waals surface area (Å²) in [4.78, 5) is 52.3. The van der Waals surface area contributed by atoms with Crippen molar-refractivity contribution in [3.63, 3.8) is 0 Å². The highest BCUT2D eigenvalue weighted by Gasteiger charge is 2.32. The number of anilines is 2. The molecule has 0 saturated heterocycles. The Hall–Kier alpha value is -3.48. The van der Waals surface area contributed by atoms with Crippen molar-refractivity contribution >= 4 is 34.8 Å².